The van der Waals surface area contributed by atoms with E-state index in [9.17, 15) is 0 Å². The zero-order valence-electron chi connectivity index (χ0n) is 9.79. The molecule has 0 aliphatic rings. The summed E-state index contributed by atoms with van der Waals surface area (Å²) in [4.78, 5) is 0. The summed E-state index contributed by atoms with van der Waals surface area (Å²) in [5.41, 5.74) is 0. The first-order valence-corrected chi connectivity index (χ1v) is 5.84. The second-order valence-corrected chi connectivity index (χ2v) is 3.90. The summed E-state index contributed by atoms with van der Waals surface area (Å²) in [6.45, 7) is 3.36. The van der Waals surface area contributed by atoms with Gasteiger partial charge in [-0.1, -0.05) is 13.3 Å². The summed E-state index contributed by atoms with van der Waals surface area (Å²) in [7, 11) is -3.12. The van der Waals surface area contributed by atoms with Crippen molar-refractivity contribution in [3.05, 3.63) is 18.7 Å². The normalized spacial score (nSPS) is 10.0. The van der Waals surface area contributed by atoms with Crippen molar-refractivity contribution in [2.45, 2.75) is 26.3 Å². The molecule has 1 aromatic rings. The van der Waals surface area contributed by atoms with E-state index >= 15 is 0 Å². The molecule has 0 unspecified atom stereocenters. The molecule has 0 saturated heterocycles. The van der Waals surface area contributed by atoms with Crippen molar-refractivity contribution in [3.8, 4) is 0 Å². The Morgan fingerprint density at radius 1 is 1.38 bits per heavy atom. The Hall–Kier alpha value is 0.716. The van der Waals surface area contributed by atoms with E-state index in [1.165, 1.54) is 12.8 Å². The van der Waals surface area contributed by atoms with Gasteiger partial charge in [-0.25, -0.2) is 9.13 Å². The molecule has 8 heteroatoms. The van der Waals surface area contributed by atoms with E-state index in [0.717, 1.165) is 6.54 Å². The van der Waals surface area contributed by atoms with E-state index in [1.807, 2.05) is 7.05 Å². The number of aryl methyl sites for hydroxylation is 2. The number of nitrogens with zero attached hydrogens (tertiary/aromatic N) is 2. The maximum Gasteiger partial charge on any atom is 1.00 e. The summed E-state index contributed by atoms with van der Waals surface area (Å²) >= 11 is 0. The predicted octanol–water partition coefficient (Wildman–Crippen LogP) is -3.22. The Bertz CT molecular complexity index is 369. The zero-order valence-corrected chi connectivity index (χ0v) is 13.7. The number of aromatic nitrogens is 2. The molecule has 1 rings (SSSR count). The molecule has 0 aliphatic carbocycles. The maximum atomic E-state index is 8.52. The molecular weight excluding hydrogens is 259 g/mol. The fraction of sp³-hybridized carbons (Fsp3) is 0.625. The first-order valence-electron chi connectivity index (χ1n) is 4.50. The number of hydrogen-bond donors (Lipinski definition) is 0. The summed E-state index contributed by atoms with van der Waals surface area (Å²) in [5.74, 6) is 0. The molecule has 6 nitrogen and oxygen atoms in total. The van der Waals surface area contributed by atoms with Crippen LogP contribution >= 0.6 is 0 Å². The topological polar surface area (TPSA) is 89.1 Å². The summed E-state index contributed by atoms with van der Waals surface area (Å²) in [5, 5.41) is 0. The molecule has 0 fully saturated rings. The van der Waals surface area contributed by atoms with Crippen molar-refractivity contribution < 1.29 is 73.5 Å². The second-order valence-electron chi connectivity index (χ2n) is 3.08. The van der Waals surface area contributed by atoms with Crippen LogP contribution in [0.3, 0.4) is 0 Å². The third-order valence-electron chi connectivity index (χ3n) is 1.59. The van der Waals surface area contributed by atoms with Crippen molar-refractivity contribution in [2.75, 3.05) is 0 Å². The van der Waals surface area contributed by atoms with Crippen LogP contribution in [0.1, 0.15) is 19.8 Å². The van der Waals surface area contributed by atoms with E-state index in [2.05, 4.69) is 34.8 Å². The fourth-order valence-electron chi connectivity index (χ4n) is 0.975. The first-order chi connectivity index (χ1) is 6.83. The molecule has 0 atom stereocenters. The van der Waals surface area contributed by atoms with E-state index < -0.39 is 10.4 Å². The van der Waals surface area contributed by atoms with Crippen LogP contribution in [-0.2, 0) is 24.0 Å². The van der Waals surface area contributed by atoms with Gasteiger partial charge in [0.15, 0.2) is 0 Å². The van der Waals surface area contributed by atoms with Crippen molar-refractivity contribution in [2.24, 2.45) is 7.05 Å². The van der Waals surface area contributed by atoms with E-state index in [1.54, 1.807) is 0 Å². The van der Waals surface area contributed by atoms with Crippen LogP contribution in [-0.4, -0.2) is 22.1 Å². The zero-order chi connectivity index (χ0) is 11.9. The molecule has 0 radical (unpaired) electrons. The van der Waals surface area contributed by atoms with E-state index in [0.29, 0.717) is 0 Å². The predicted molar refractivity (Wildman–Crippen MR) is 51.0 cm³/mol. The maximum absolute atomic E-state index is 8.52. The standard InChI is InChI=1S/C8H15N2.K.H2O4S/c1-3-4-5-10-7-6-9(2)8-10;;1-5(2,3)4/h6-8H,3-5H2,1-2H3;;(H2,1,2,3,4)/q2*+1;/p-2. The van der Waals surface area contributed by atoms with Crippen molar-refractivity contribution >= 4 is 10.4 Å². The Labute approximate surface area is 139 Å². The molecule has 16 heavy (non-hydrogen) atoms. The van der Waals surface area contributed by atoms with Gasteiger partial charge in [-0.05, 0) is 6.42 Å². The van der Waals surface area contributed by atoms with Gasteiger partial charge >= 0.3 is 51.4 Å². The van der Waals surface area contributed by atoms with Crippen LogP contribution in [0.5, 0.6) is 0 Å². The average molecular weight is 274 g/mol. The summed E-state index contributed by atoms with van der Waals surface area (Å²) in [6.07, 6.45) is 8.82. The Kier molecular flexibility index (Phi) is 11.6. The fourth-order valence-corrected chi connectivity index (χ4v) is 0.975. The van der Waals surface area contributed by atoms with Crippen LogP contribution < -0.4 is 56.0 Å². The number of hydrogen-bond acceptors (Lipinski definition) is 4. The van der Waals surface area contributed by atoms with Crippen LogP contribution in [0.15, 0.2) is 18.7 Å². The Balaban J connectivity index is 0. The van der Waals surface area contributed by atoms with Gasteiger partial charge in [0.25, 0.3) is 0 Å². The van der Waals surface area contributed by atoms with Gasteiger partial charge < -0.3 is 9.11 Å². The molecule has 0 bridgehead atoms. The largest absolute Gasteiger partial charge is 1.00 e. The molecule has 1 heterocycles. The Morgan fingerprint density at radius 3 is 2.19 bits per heavy atom. The molecule has 0 aliphatic heterocycles. The quantitative estimate of drug-likeness (QED) is 0.251. The van der Waals surface area contributed by atoms with Gasteiger partial charge in [0, 0.05) is 10.4 Å². The molecule has 0 saturated carbocycles. The first kappa shape index (κ1) is 19.1. The third kappa shape index (κ3) is 14.7. The van der Waals surface area contributed by atoms with Crippen molar-refractivity contribution in [1.82, 2.24) is 4.57 Å². The van der Waals surface area contributed by atoms with Gasteiger partial charge in [0.2, 0.25) is 6.33 Å². The summed E-state index contributed by atoms with van der Waals surface area (Å²) < 4.78 is 38.4. The molecule has 0 amide bonds. The minimum Gasteiger partial charge on any atom is -0.759 e. The second kappa shape index (κ2) is 9.72. The van der Waals surface area contributed by atoms with Gasteiger partial charge in [0.05, 0.1) is 13.6 Å². The van der Waals surface area contributed by atoms with Crippen LogP contribution in [0.4, 0.5) is 0 Å². The number of imidazole rings is 1. The summed E-state index contributed by atoms with van der Waals surface area (Å²) in [6, 6.07) is 0. The smallest absolute Gasteiger partial charge is 0.759 e. The van der Waals surface area contributed by atoms with Gasteiger partial charge in [-0.2, -0.15) is 0 Å². The third-order valence-corrected chi connectivity index (χ3v) is 1.59. The van der Waals surface area contributed by atoms with E-state index in [4.69, 9.17) is 17.5 Å². The molecule has 1 aromatic heterocycles. The monoisotopic (exact) mass is 274 g/mol. The molecular formula is C8H15KN2O4S. The Morgan fingerprint density at radius 2 is 1.88 bits per heavy atom. The van der Waals surface area contributed by atoms with E-state index in [-0.39, 0.29) is 51.4 Å². The SMILES string of the molecule is CCCCn1cc[n+](C)c1.O=S(=O)([O-])[O-].[K+]. The average Bonchev–Trinajstić information content (AvgIpc) is 2.45. The minimum absolute atomic E-state index is 0. The van der Waals surface area contributed by atoms with Crippen LogP contribution in [0.25, 0.3) is 0 Å². The van der Waals surface area contributed by atoms with Gasteiger partial charge in [-0.3, -0.25) is 8.42 Å². The molecule has 0 spiro atoms. The number of unbranched alkanes of at least 4 members (excludes halogenated alkanes) is 1. The number of rotatable bonds is 3. The van der Waals surface area contributed by atoms with Crippen molar-refractivity contribution in [1.29, 1.82) is 0 Å². The minimum atomic E-state index is -5.17. The van der Waals surface area contributed by atoms with Crippen LogP contribution in [0, 0.1) is 0 Å². The molecule has 88 valence electrons. The molecule has 0 aromatic carbocycles. The van der Waals surface area contributed by atoms with Gasteiger partial charge in [0.1, 0.15) is 12.4 Å². The molecule has 0 N–H and O–H groups in total. The van der Waals surface area contributed by atoms with Crippen molar-refractivity contribution in [3.63, 3.8) is 0 Å². The van der Waals surface area contributed by atoms with Crippen LogP contribution in [0.2, 0.25) is 0 Å². The van der Waals surface area contributed by atoms with Gasteiger partial charge in [-0.15, -0.1) is 0 Å².